The molecule has 2 aromatic carbocycles. The van der Waals surface area contributed by atoms with E-state index in [9.17, 15) is 9.59 Å². The molecule has 1 aliphatic heterocycles. The van der Waals surface area contributed by atoms with Crippen molar-refractivity contribution >= 4 is 34.4 Å². The number of rotatable bonds is 5. The van der Waals surface area contributed by atoms with Crippen molar-refractivity contribution in [2.24, 2.45) is 0 Å². The Hall–Kier alpha value is -2.05. The van der Waals surface area contributed by atoms with Crippen LogP contribution in [0.3, 0.4) is 0 Å². The minimum atomic E-state index is -0.383. The third-order valence-corrected chi connectivity index (χ3v) is 5.17. The quantitative estimate of drug-likeness (QED) is 0.595. The molecule has 2 aromatic rings. The van der Waals surface area contributed by atoms with Crippen LogP contribution in [0.1, 0.15) is 13.8 Å². The summed E-state index contributed by atoms with van der Waals surface area (Å²) >= 11 is 1.41. The molecule has 0 radical (unpaired) electrons. The Labute approximate surface area is 157 Å². The van der Waals surface area contributed by atoms with Crippen LogP contribution in [-0.4, -0.2) is 54.4 Å². The topological polar surface area (TPSA) is 55.8 Å². The van der Waals surface area contributed by atoms with E-state index in [1.807, 2.05) is 44.2 Å². The number of nitrogens with zero attached hydrogens (tertiary/aromatic N) is 1. The van der Waals surface area contributed by atoms with Gasteiger partial charge in [0.1, 0.15) is 0 Å². The third kappa shape index (κ3) is 4.99. The fourth-order valence-corrected chi connectivity index (χ4v) is 3.80. The lowest BCUT2D eigenvalue weighted by Gasteiger charge is -2.35. The number of fused-ring (bicyclic) bond motifs is 1. The Kier molecular flexibility index (Phi) is 6.16. The van der Waals surface area contributed by atoms with E-state index in [0.29, 0.717) is 13.1 Å². The number of thioether (sulfide) groups is 1. The summed E-state index contributed by atoms with van der Waals surface area (Å²) in [6.07, 6.45) is 0.00345. The SMILES string of the molecule is C[C@H]1CN(C(=O)COC(=O)CSc2ccc3ccccc3c2)C[C@H](C)O1. The molecule has 26 heavy (non-hydrogen) atoms. The van der Waals surface area contributed by atoms with Crippen molar-refractivity contribution in [3.05, 3.63) is 42.5 Å². The van der Waals surface area contributed by atoms with Crippen molar-refractivity contribution in [1.29, 1.82) is 0 Å². The van der Waals surface area contributed by atoms with Crippen molar-refractivity contribution in [2.75, 3.05) is 25.4 Å². The fourth-order valence-electron chi connectivity index (χ4n) is 3.06. The predicted octanol–water partition coefficient (Wildman–Crippen LogP) is 3.11. The number of carbonyl (C=O) groups is 2. The lowest BCUT2D eigenvalue weighted by Crippen LogP contribution is -2.49. The highest BCUT2D eigenvalue weighted by Crippen LogP contribution is 2.23. The Morgan fingerprint density at radius 2 is 1.81 bits per heavy atom. The Morgan fingerprint density at radius 3 is 2.54 bits per heavy atom. The van der Waals surface area contributed by atoms with Crippen molar-refractivity contribution in [1.82, 2.24) is 4.90 Å². The second-order valence-corrected chi connectivity index (χ2v) is 7.56. The molecule has 2 atom stereocenters. The van der Waals surface area contributed by atoms with E-state index >= 15 is 0 Å². The molecule has 3 rings (SSSR count). The summed E-state index contributed by atoms with van der Waals surface area (Å²) in [7, 11) is 0. The Balaban J connectivity index is 1.45. The summed E-state index contributed by atoms with van der Waals surface area (Å²) in [6, 6.07) is 14.2. The average molecular weight is 373 g/mol. The number of amides is 1. The lowest BCUT2D eigenvalue weighted by atomic mass is 10.1. The van der Waals surface area contributed by atoms with Crippen LogP contribution in [0.2, 0.25) is 0 Å². The molecule has 1 aliphatic rings. The number of esters is 1. The summed E-state index contributed by atoms with van der Waals surface area (Å²) in [5.41, 5.74) is 0. The first-order valence-electron chi connectivity index (χ1n) is 8.72. The van der Waals surface area contributed by atoms with Gasteiger partial charge in [0.25, 0.3) is 5.91 Å². The highest BCUT2D eigenvalue weighted by Gasteiger charge is 2.26. The zero-order chi connectivity index (χ0) is 18.5. The Bertz CT molecular complexity index is 784. The van der Waals surface area contributed by atoms with E-state index in [1.54, 1.807) is 4.90 Å². The van der Waals surface area contributed by atoms with E-state index in [4.69, 9.17) is 9.47 Å². The minimum absolute atomic E-state index is 0.00172. The van der Waals surface area contributed by atoms with Gasteiger partial charge in [-0.15, -0.1) is 11.8 Å². The summed E-state index contributed by atoms with van der Waals surface area (Å²) in [5, 5.41) is 2.30. The monoisotopic (exact) mass is 373 g/mol. The van der Waals surface area contributed by atoms with E-state index in [2.05, 4.69) is 12.1 Å². The maximum atomic E-state index is 12.2. The molecule has 0 N–H and O–H groups in total. The summed E-state index contributed by atoms with van der Waals surface area (Å²) < 4.78 is 10.8. The van der Waals surface area contributed by atoms with E-state index in [-0.39, 0.29) is 36.4 Å². The first-order chi connectivity index (χ1) is 12.5. The molecule has 0 unspecified atom stereocenters. The molecule has 0 spiro atoms. The van der Waals surface area contributed by atoms with Crippen LogP contribution >= 0.6 is 11.8 Å². The van der Waals surface area contributed by atoms with Crippen LogP contribution < -0.4 is 0 Å². The van der Waals surface area contributed by atoms with Gasteiger partial charge in [0.2, 0.25) is 0 Å². The van der Waals surface area contributed by atoms with E-state index < -0.39 is 0 Å². The number of carbonyl (C=O) groups excluding carboxylic acids is 2. The lowest BCUT2D eigenvalue weighted by molar-refractivity contribution is -0.155. The van der Waals surface area contributed by atoms with Crippen molar-refractivity contribution < 1.29 is 19.1 Å². The van der Waals surface area contributed by atoms with Crippen LogP contribution in [0.25, 0.3) is 10.8 Å². The molecule has 1 fully saturated rings. The number of benzene rings is 2. The molecule has 1 saturated heterocycles. The molecule has 1 amide bonds. The molecule has 1 heterocycles. The molecule has 0 saturated carbocycles. The van der Waals surface area contributed by atoms with Crippen LogP contribution in [0.5, 0.6) is 0 Å². The second-order valence-electron chi connectivity index (χ2n) is 6.51. The molecule has 138 valence electrons. The van der Waals surface area contributed by atoms with Gasteiger partial charge in [0.05, 0.1) is 18.0 Å². The van der Waals surface area contributed by atoms with Crippen molar-refractivity contribution in [3.8, 4) is 0 Å². The molecule has 0 aliphatic carbocycles. The van der Waals surface area contributed by atoms with E-state index in [1.165, 1.54) is 17.1 Å². The van der Waals surface area contributed by atoms with Crippen molar-refractivity contribution in [3.63, 3.8) is 0 Å². The first kappa shape index (κ1) is 18.7. The molecular formula is C20H23NO4S. The van der Waals surface area contributed by atoms with Gasteiger partial charge in [-0.1, -0.05) is 30.3 Å². The summed E-state index contributed by atoms with van der Waals surface area (Å²) in [6.45, 7) is 4.72. The number of hydrogen-bond donors (Lipinski definition) is 0. The average Bonchev–Trinajstić information content (AvgIpc) is 2.63. The van der Waals surface area contributed by atoms with Gasteiger partial charge < -0.3 is 14.4 Å². The highest BCUT2D eigenvalue weighted by atomic mass is 32.2. The van der Waals surface area contributed by atoms with E-state index in [0.717, 1.165) is 10.3 Å². The van der Waals surface area contributed by atoms with Crippen molar-refractivity contribution in [2.45, 2.75) is 31.0 Å². The zero-order valence-corrected chi connectivity index (χ0v) is 15.8. The molecule has 0 bridgehead atoms. The van der Waals surface area contributed by atoms with Gasteiger partial charge >= 0.3 is 5.97 Å². The van der Waals surface area contributed by atoms with Gasteiger partial charge in [0.15, 0.2) is 6.61 Å². The predicted molar refractivity (Wildman–Crippen MR) is 102 cm³/mol. The third-order valence-electron chi connectivity index (χ3n) is 4.21. The van der Waals surface area contributed by atoms with Gasteiger partial charge in [-0.25, -0.2) is 0 Å². The maximum absolute atomic E-state index is 12.2. The standard InChI is InChI=1S/C20H23NO4S/c1-14-10-21(11-15(2)25-14)19(22)12-24-20(23)13-26-18-8-7-16-5-3-4-6-17(16)9-18/h3-9,14-15H,10-13H2,1-2H3/t14-,15-/m0/s1. The number of morpholine rings is 1. The number of hydrogen-bond acceptors (Lipinski definition) is 5. The van der Waals surface area contributed by atoms with Crippen LogP contribution in [-0.2, 0) is 19.1 Å². The first-order valence-corrected chi connectivity index (χ1v) is 9.70. The Morgan fingerprint density at radius 1 is 1.12 bits per heavy atom. The van der Waals surface area contributed by atoms with Crippen LogP contribution in [0.4, 0.5) is 0 Å². The van der Waals surface area contributed by atoms with Gasteiger partial charge in [-0.3, -0.25) is 9.59 Å². The molecule has 5 nitrogen and oxygen atoms in total. The van der Waals surface area contributed by atoms with Crippen LogP contribution in [0.15, 0.2) is 47.4 Å². The summed E-state index contributed by atoms with van der Waals surface area (Å²) in [5.74, 6) is -0.372. The summed E-state index contributed by atoms with van der Waals surface area (Å²) in [4.78, 5) is 26.9. The largest absolute Gasteiger partial charge is 0.455 e. The van der Waals surface area contributed by atoms with Gasteiger partial charge in [-0.2, -0.15) is 0 Å². The second kappa shape index (κ2) is 8.56. The normalized spacial score (nSPS) is 20.2. The molecular weight excluding hydrogens is 350 g/mol. The van der Waals surface area contributed by atoms with Gasteiger partial charge in [-0.05, 0) is 36.8 Å². The van der Waals surface area contributed by atoms with Gasteiger partial charge in [0, 0.05) is 18.0 Å². The number of ether oxygens (including phenoxy) is 2. The van der Waals surface area contributed by atoms with Crippen LogP contribution in [0, 0.1) is 0 Å². The fraction of sp³-hybridized carbons (Fsp3) is 0.400. The molecule has 0 aromatic heterocycles. The highest BCUT2D eigenvalue weighted by molar-refractivity contribution is 8.00. The maximum Gasteiger partial charge on any atom is 0.316 e. The molecule has 6 heteroatoms. The minimum Gasteiger partial charge on any atom is -0.455 e. The smallest absolute Gasteiger partial charge is 0.316 e. The zero-order valence-electron chi connectivity index (χ0n) is 15.0.